The first-order valence-corrected chi connectivity index (χ1v) is 5.01. The zero-order chi connectivity index (χ0) is 11.2. The fourth-order valence-corrected chi connectivity index (χ4v) is 1.74. The number of halogens is 1. The second kappa shape index (κ2) is 3.05. The molecule has 0 aliphatic heterocycles. The van der Waals surface area contributed by atoms with Gasteiger partial charge in [-0.3, -0.25) is 4.68 Å². The highest BCUT2D eigenvalue weighted by Crippen LogP contribution is 2.28. The molecule has 0 aliphatic rings. The average Bonchev–Trinajstić information content (AvgIpc) is 2.40. The molecule has 0 fully saturated rings. The number of nitrogens with zero attached hydrogens (tertiary/aromatic N) is 2. The molecule has 0 amide bonds. The molecule has 1 aromatic heterocycles. The van der Waals surface area contributed by atoms with Crippen molar-refractivity contribution in [2.24, 2.45) is 7.05 Å². The summed E-state index contributed by atoms with van der Waals surface area (Å²) in [7, 11) is 1.84. The fourth-order valence-electron chi connectivity index (χ4n) is 1.74. The maximum atomic E-state index is 13.8. The summed E-state index contributed by atoms with van der Waals surface area (Å²) in [6, 6.07) is 3.40. The second-order valence-electron chi connectivity index (χ2n) is 4.94. The Morgan fingerprint density at radius 1 is 1.27 bits per heavy atom. The summed E-state index contributed by atoms with van der Waals surface area (Å²) in [6.07, 6.45) is 1.91. The molecule has 0 bridgehead atoms. The van der Waals surface area contributed by atoms with E-state index in [-0.39, 0.29) is 11.2 Å². The highest BCUT2D eigenvalue weighted by atomic mass is 19.1. The number of hydrogen-bond donors (Lipinski definition) is 0. The van der Waals surface area contributed by atoms with Crippen molar-refractivity contribution < 1.29 is 4.39 Å². The Balaban J connectivity index is 2.72. The van der Waals surface area contributed by atoms with Crippen LogP contribution in [-0.4, -0.2) is 9.78 Å². The predicted molar refractivity (Wildman–Crippen MR) is 59.4 cm³/mol. The molecule has 0 saturated heterocycles. The van der Waals surface area contributed by atoms with E-state index >= 15 is 0 Å². The van der Waals surface area contributed by atoms with Gasteiger partial charge in [-0.2, -0.15) is 5.10 Å². The first kappa shape index (κ1) is 10.1. The normalized spacial score (nSPS) is 12.3. The van der Waals surface area contributed by atoms with Gasteiger partial charge in [0.25, 0.3) is 0 Å². The van der Waals surface area contributed by atoms with Crippen LogP contribution in [0.4, 0.5) is 4.39 Å². The number of aryl methyl sites for hydroxylation is 1. The smallest absolute Gasteiger partial charge is 0.129 e. The van der Waals surface area contributed by atoms with E-state index in [9.17, 15) is 4.39 Å². The van der Waals surface area contributed by atoms with Crippen molar-refractivity contribution in [1.82, 2.24) is 9.78 Å². The zero-order valence-corrected chi connectivity index (χ0v) is 9.50. The maximum absolute atomic E-state index is 13.8. The van der Waals surface area contributed by atoms with E-state index in [4.69, 9.17) is 0 Å². The van der Waals surface area contributed by atoms with Gasteiger partial charge in [0, 0.05) is 24.7 Å². The molecule has 2 rings (SSSR count). The van der Waals surface area contributed by atoms with Gasteiger partial charge in [-0.15, -0.1) is 0 Å². The van der Waals surface area contributed by atoms with Crippen LogP contribution in [-0.2, 0) is 12.5 Å². The molecule has 3 heteroatoms. The Morgan fingerprint density at radius 3 is 2.53 bits per heavy atom. The fraction of sp³-hybridized carbons (Fsp3) is 0.417. The van der Waals surface area contributed by atoms with Gasteiger partial charge in [-0.25, -0.2) is 4.39 Å². The van der Waals surface area contributed by atoms with Crippen LogP contribution in [0.15, 0.2) is 18.3 Å². The Morgan fingerprint density at radius 2 is 1.93 bits per heavy atom. The highest BCUT2D eigenvalue weighted by molar-refractivity contribution is 5.79. The summed E-state index contributed by atoms with van der Waals surface area (Å²) >= 11 is 0. The van der Waals surface area contributed by atoms with Crippen molar-refractivity contribution in [1.29, 1.82) is 0 Å². The average molecular weight is 206 g/mol. The van der Waals surface area contributed by atoms with E-state index in [0.717, 1.165) is 10.9 Å². The molecule has 0 saturated carbocycles. The summed E-state index contributed by atoms with van der Waals surface area (Å²) in [5, 5.41) is 5.16. The third kappa shape index (κ3) is 1.74. The zero-order valence-electron chi connectivity index (χ0n) is 9.50. The molecule has 2 aromatic rings. The molecule has 0 spiro atoms. The van der Waals surface area contributed by atoms with Crippen LogP contribution in [0, 0.1) is 5.82 Å². The van der Waals surface area contributed by atoms with Crippen LogP contribution >= 0.6 is 0 Å². The Bertz CT molecular complexity index is 506. The van der Waals surface area contributed by atoms with Crippen molar-refractivity contribution in [3.05, 3.63) is 29.7 Å². The standard InChI is InChI=1S/C12H15FN2/c1-12(2,3)9-5-8-7-15(4)14-11(8)6-10(9)13/h5-7H,1-4H3. The summed E-state index contributed by atoms with van der Waals surface area (Å²) in [6.45, 7) is 6.02. The van der Waals surface area contributed by atoms with Gasteiger partial charge in [-0.05, 0) is 17.0 Å². The van der Waals surface area contributed by atoms with Crippen molar-refractivity contribution in [2.45, 2.75) is 26.2 Å². The molecule has 0 unspecified atom stereocenters. The summed E-state index contributed by atoms with van der Waals surface area (Å²) in [4.78, 5) is 0. The minimum atomic E-state index is -0.173. The van der Waals surface area contributed by atoms with Gasteiger partial charge in [0.1, 0.15) is 5.82 Å². The molecule has 1 aromatic carbocycles. The summed E-state index contributed by atoms with van der Waals surface area (Å²) < 4.78 is 15.5. The van der Waals surface area contributed by atoms with Crippen LogP contribution in [0.3, 0.4) is 0 Å². The molecular weight excluding hydrogens is 191 g/mol. The lowest BCUT2D eigenvalue weighted by atomic mass is 9.86. The SMILES string of the molecule is Cn1cc2cc(C(C)(C)C)c(F)cc2n1. The van der Waals surface area contributed by atoms with E-state index in [1.54, 1.807) is 4.68 Å². The topological polar surface area (TPSA) is 17.8 Å². The highest BCUT2D eigenvalue weighted by Gasteiger charge is 2.19. The van der Waals surface area contributed by atoms with Gasteiger partial charge >= 0.3 is 0 Å². The number of benzene rings is 1. The van der Waals surface area contributed by atoms with Gasteiger partial charge in [0.05, 0.1) is 5.52 Å². The third-order valence-corrected chi connectivity index (χ3v) is 2.52. The van der Waals surface area contributed by atoms with Gasteiger partial charge in [0.15, 0.2) is 0 Å². The van der Waals surface area contributed by atoms with Gasteiger partial charge < -0.3 is 0 Å². The number of fused-ring (bicyclic) bond motifs is 1. The number of hydrogen-bond acceptors (Lipinski definition) is 1. The van der Waals surface area contributed by atoms with E-state index in [2.05, 4.69) is 5.10 Å². The summed E-state index contributed by atoms with van der Waals surface area (Å²) in [5.74, 6) is -0.172. The van der Waals surface area contributed by atoms with Crippen LogP contribution in [0.2, 0.25) is 0 Å². The monoisotopic (exact) mass is 206 g/mol. The summed E-state index contributed by atoms with van der Waals surface area (Å²) in [5.41, 5.74) is 1.28. The Hall–Kier alpha value is -1.38. The van der Waals surface area contributed by atoms with Gasteiger partial charge in [-0.1, -0.05) is 20.8 Å². The predicted octanol–water partition coefficient (Wildman–Crippen LogP) is 3.01. The molecule has 2 nitrogen and oxygen atoms in total. The molecule has 0 atom stereocenters. The van der Waals surface area contributed by atoms with E-state index < -0.39 is 0 Å². The van der Waals surface area contributed by atoms with E-state index in [1.165, 1.54) is 6.07 Å². The first-order valence-electron chi connectivity index (χ1n) is 5.01. The van der Waals surface area contributed by atoms with Crippen molar-refractivity contribution in [2.75, 3.05) is 0 Å². The lowest BCUT2D eigenvalue weighted by molar-refractivity contribution is 0.524. The molecule has 80 valence electrons. The molecule has 0 radical (unpaired) electrons. The second-order valence-corrected chi connectivity index (χ2v) is 4.94. The number of rotatable bonds is 0. The molecule has 1 heterocycles. The minimum Gasteiger partial charge on any atom is -0.275 e. The van der Waals surface area contributed by atoms with E-state index in [1.807, 2.05) is 40.1 Å². The maximum Gasteiger partial charge on any atom is 0.129 e. The van der Waals surface area contributed by atoms with E-state index in [0.29, 0.717) is 5.52 Å². The molecular formula is C12H15FN2. The van der Waals surface area contributed by atoms with Crippen LogP contribution < -0.4 is 0 Å². The molecule has 0 N–H and O–H groups in total. The van der Waals surface area contributed by atoms with Crippen LogP contribution in [0.25, 0.3) is 10.9 Å². The first-order chi connectivity index (χ1) is 6.88. The van der Waals surface area contributed by atoms with Gasteiger partial charge in [0.2, 0.25) is 0 Å². The lowest BCUT2D eigenvalue weighted by Gasteiger charge is -2.19. The largest absolute Gasteiger partial charge is 0.275 e. The van der Waals surface area contributed by atoms with Crippen LogP contribution in [0.1, 0.15) is 26.3 Å². The Labute approximate surface area is 88.7 Å². The third-order valence-electron chi connectivity index (χ3n) is 2.52. The lowest BCUT2D eigenvalue weighted by Crippen LogP contribution is -2.13. The molecule has 15 heavy (non-hydrogen) atoms. The Kier molecular flexibility index (Phi) is 2.07. The van der Waals surface area contributed by atoms with Crippen molar-refractivity contribution >= 4 is 10.9 Å². The molecule has 0 aliphatic carbocycles. The number of aromatic nitrogens is 2. The van der Waals surface area contributed by atoms with Crippen molar-refractivity contribution in [3.8, 4) is 0 Å². The van der Waals surface area contributed by atoms with Crippen LogP contribution in [0.5, 0.6) is 0 Å². The minimum absolute atomic E-state index is 0.172. The quantitative estimate of drug-likeness (QED) is 0.648. The van der Waals surface area contributed by atoms with Crippen molar-refractivity contribution in [3.63, 3.8) is 0 Å².